The molecule has 0 aliphatic heterocycles. The van der Waals surface area contributed by atoms with Crippen molar-refractivity contribution in [2.45, 2.75) is 45.1 Å². The van der Waals surface area contributed by atoms with E-state index >= 15 is 0 Å². The molecule has 0 bridgehead atoms. The topological polar surface area (TPSA) is 52.6 Å². The lowest BCUT2D eigenvalue weighted by molar-refractivity contribution is -0.156. The van der Waals surface area contributed by atoms with E-state index in [1.807, 2.05) is 0 Å². The van der Waals surface area contributed by atoms with Gasteiger partial charge in [0.2, 0.25) is 0 Å². The van der Waals surface area contributed by atoms with Gasteiger partial charge in [-0.1, -0.05) is 0 Å². The van der Waals surface area contributed by atoms with Gasteiger partial charge in [-0.3, -0.25) is 9.59 Å². The van der Waals surface area contributed by atoms with Gasteiger partial charge in [-0.25, -0.2) is 0 Å². The highest BCUT2D eigenvalue weighted by Crippen LogP contribution is 2.41. The first-order valence-corrected chi connectivity index (χ1v) is 6.90. The molecule has 2 fully saturated rings. The number of carbonyl (C=O) groups excluding carboxylic acids is 2. The Morgan fingerprint density at radius 2 is 2.06 bits per heavy atom. The van der Waals surface area contributed by atoms with Crippen LogP contribution < -0.4 is 0 Å². The van der Waals surface area contributed by atoms with E-state index in [1.54, 1.807) is 14.0 Å². The summed E-state index contributed by atoms with van der Waals surface area (Å²) in [5.74, 6) is -0.263. The average molecular weight is 254 g/mol. The third-order valence-electron chi connectivity index (χ3n) is 4.37. The van der Waals surface area contributed by atoms with Crippen LogP contribution >= 0.6 is 0 Å². The monoisotopic (exact) mass is 254 g/mol. The summed E-state index contributed by atoms with van der Waals surface area (Å²) in [5.41, 5.74) is 0. The molecule has 0 N–H and O–H groups in total. The number of rotatable bonds is 3. The maximum atomic E-state index is 12.3. The lowest BCUT2D eigenvalue weighted by Crippen LogP contribution is -2.43. The molecule has 0 radical (unpaired) electrons. The highest BCUT2D eigenvalue weighted by atomic mass is 16.5. The van der Waals surface area contributed by atoms with E-state index in [-0.39, 0.29) is 23.8 Å². The molecule has 4 unspecified atom stereocenters. The average Bonchev–Trinajstić information content (AvgIpc) is 2.38. The van der Waals surface area contributed by atoms with Crippen LogP contribution in [0.3, 0.4) is 0 Å². The van der Waals surface area contributed by atoms with Crippen molar-refractivity contribution in [3.05, 3.63) is 0 Å². The van der Waals surface area contributed by atoms with Crippen LogP contribution in [-0.2, 0) is 19.1 Å². The molecule has 0 aromatic rings. The SMILES string of the molecule is CCOC(=O)C1CCC2CC(OC)CCC2C1=O. The molecule has 2 rings (SSSR count). The van der Waals surface area contributed by atoms with E-state index in [2.05, 4.69) is 0 Å². The van der Waals surface area contributed by atoms with Crippen LogP contribution in [0.5, 0.6) is 0 Å². The fourth-order valence-corrected chi connectivity index (χ4v) is 3.39. The first-order valence-electron chi connectivity index (χ1n) is 6.90. The summed E-state index contributed by atoms with van der Waals surface area (Å²) in [4.78, 5) is 24.1. The molecule has 0 aromatic heterocycles. The van der Waals surface area contributed by atoms with Crippen molar-refractivity contribution in [3.63, 3.8) is 0 Å². The number of hydrogen-bond acceptors (Lipinski definition) is 4. The predicted molar refractivity (Wildman–Crippen MR) is 66.0 cm³/mol. The van der Waals surface area contributed by atoms with Crippen molar-refractivity contribution < 1.29 is 19.1 Å². The molecule has 18 heavy (non-hydrogen) atoms. The fraction of sp³-hybridized carbons (Fsp3) is 0.857. The molecule has 0 spiro atoms. The Balaban J connectivity index is 2.00. The quantitative estimate of drug-likeness (QED) is 0.570. The molecule has 2 aliphatic carbocycles. The highest BCUT2D eigenvalue weighted by molar-refractivity contribution is 6.00. The van der Waals surface area contributed by atoms with E-state index in [0.717, 1.165) is 25.7 Å². The van der Waals surface area contributed by atoms with Gasteiger partial charge in [0.1, 0.15) is 11.7 Å². The molecule has 0 saturated heterocycles. The molecular formula is C14H22O4. The maximum Gasteiger partial charge on any atom is 0.316 e. The van der Waals surface area contributed by atoms with Crippen molar-refractivity contribution in [3.8, 4) is 0 Å². The predicted octanol–water partition coefficient (Wildman–Crippen LogP) is 1.96. The molecule has 4 heteroatoms. The number of methoxy groups -OCH3 is 1. The molecular weight excluding hydrogens is 232 g/mol. The minimum Gasteiger partial charge on any atom is -0.465 e. The molecule has 4 nitrogen and oxygen atoms in total. The third kappa shape index (κ3) is 2.58. The summed E-state index contributed by atoms with van der Waals surface area (Å²) in [7, 11) is 1.73. The van der Waals surface area contributed by atoms with Crippen LogP contribution in [-0.4, -0.2) is 31.6 Å². The van der Waals surface area contributed by atoms with Gasteiger partial charge in [0.05, 0.1) is 12.7 Å². The van der Waals surface area contributed by atoms with Crippen molar-refractivity contribution in [2.75, 3.05) is 13.7 Å². The molecule has 0 heterocycles. The zero-order chi connectivity index (χ0) is 13.1. The van der Waals surface area contributed by atoms with Crippen LogP contribution in [0.4, 0.5) is 0 Å². The Labute approximate surface area is 108 Å². The van der Waals surface area contributed by atoms with Crippen molar-refractivity contribution in [1.29, 1.82) is 0 Å². The number of fused-ring (bicyclic) bond motifs is 1. The normalized spacial score (nSPS) is 36.0. The molecule has 0 aromatic carbocycles. The van der Waals surface area contributed by atoms with Crippen LogP contribution in [0.25, 0.3) is 0 Å². The van der Waals surface area contributed by atoms with Crippen molar-refractivity contribution in [2.24, 2.45) is 17.8 Å². The molecule has 2 saturated carbocycles. The number of carbonyl (C=O) groups is 2. The number of esters is 1. The first-order chi connectivity index (χ1) is 8.67. The smallest absolute Gasteiger partial charge is 0.316 e. The second kappa shape index (κ2) is 5.83. The Morgan fingerprint density at radius 1 is 1.28 bits per heavy atom. The summed E-state index contributed by atoms with van der Waals surface area (Å²) >= 11 is 0. The number of Topliss-reactive ketones (excluding diaryl/α,β-unsaturated/α-hetero) is 1. The van der Waals surface area contributed by atoms with Gasteiger partial charge < -0.3 is 9.47 Å². The highest BCUT2D eigenvalue weighted by Gasteiger charge is 2.44. The zero-order valence-corrected chi connectivity index (χ0v) is 11.2. The maximum absolute atomic E-state index is 12.3. The van der Waals surface area contributed by atoms with Gasteiger partial charge in [-0.05, 0) is 44.9 Å². The van der Waals surface area contributed by atoms with E-state index in [0.29, 0.717) is 18.9 Å². The summed E-state index contributed by atoms with van der Waals surface area (Å²) in [6.45, 7) is 2.13. The van der Waals surface area contributed by atoms with Gasteiger partial charge in [0, 0.05) is 13.0 Å². The lowest BCUT2D eigenvalue weighted by Gasteiger charge is -2.39. The van der Waals surface area contributed by atoms with Gasteiger partial charge in [-0.2, -0.15) is 0 Å². The van der Waals surface area contributed by atoms with Crippen molar-refractivity contribution in [1.82, 2.24) is 0 Å². The standard InChI is InChI=1S/C14H22O4/c1-3-18-14(16)12-6-4-9-8-10(17-2)5-7-11(9)13(12)15/h9-12H,3-8H2,1-2H3. The Morgan fingerprint density at radius 3 is 2.72 bits per heavy atom. The summed E-state index contributed by atoms with van der Waals surface area (Å²) in [6, 6.07) is 0. The van der Waals surface area contributed by atoms with E-state index in [4.69, 9.17) is 9.47 Å². The van der Waals surface area contributed by atoms with Crippen LogP contribution in [0.1, 0.15) is 39.0 Å². The molecule has 0 amide bonds. The summed E-state index contributed by atoms with van der Waals surface area (Å²) in [6.07, 6.45) is 4.63. The van der Waals surface area contributed by atoms with Crippen LogP contribution in [0.2, 0.25) is 0 Å². The first kappa shape index (κ1) is 13.5. The zero-order valence-electron chi connectivity index (χ0n) is 11.2. The Hall–Kier alpha value is -0.900. The van der Waals surface area contributed by atoms with E-state index in [9.17, 15) is 9.59 Å². The summed E-state index contributed by atoms with van der Waals surface area (Å²) < 4.78 is 10.4. The molecule has 4 atom stereocenters. The van der Waals surface area contributed by atoms with E-state index in [1.165, 1.54) is 0 Å². The minimum atomic E-state index is -0.509. The molecule has 2 aliphatic rings. The number of ether oxygens (including phenoxy) is 2. The second-order valence-electron chi connectivity index (χ2n) is 5.32. The summed E-state index contributed by atoms with van der Waals surface area (Å²) in [5, 5.41) is 0. The van der Waals surface area contributed by atoms with E-state index < -0.39 is 5.92 Å². The number of hydrogen-bond donors (Lipinski definition) is 0. The number of ketones is 1. The second-order valence-corrected chi connectivity index (χ2v) is 5.32. The van der Waals surface area contributed by atoms with Gasteiger partial charge in [0.25, 0.3) is 0 Å². The van der Waals surface area contributed by atoms with Crippen molar-refractivity contribution >= 4 is 11.8 Å². The Kier molecular flexibility index (Phi) is 4.38. The lowest BCUT2D eigenvalue weighted by atomic mass is 9.66. The molecule has 102 valence electrons. The van der Waals surface area contributed by atoms with Gasteiger partial charge in [-0.15, -0.1) is 0 Å². The minimum absolute atomic E-state index is 0.0551. The fourth-order valence-electron chi connectivity index (χ4n) is 3.39. The largest absolute Gasteiger partial charge is 0.465 e. The Bertz CT molecular complexity index is 326. The third-order valence-corrected chi connectivity index (χ3v) is 4.37. The van der Waals surface area contributed by atoms with Crippen LogP contribution in [0.15, 0.2) is 0 Å². The van der Waals surface area contributed by atoms with Gasteiger partial charge in [0.15, 0.2) is 0 Å². The van der Waals surface area contributed by atoms with Gasteiger partial charge >= 0.3 is 5.97 Å². The van der Waals surface area contributed by atoms with Crippen LogP contribution in [0, 0.1) is 17.8 Å².